The van der Waals surface area contributed by atoms with Crippen LogP contribution >= 0.6 is 23.2 Å². The van der Waals surface area contributed by atoms with E-state index in [1.54, 1.807) is 0 Å². The van der Waals surface area contributed by atoms with Crippen LogP contribution in [0.4, 0.5) is 0 Å². The van der Waals surface area contributed by atoms with E-state index >= 15 is 0 Å². The molecule has 2 aromatic heterocycles. The minimum Gasteiger partial charge on any atom is -0.494 e. The van der Waals surface area contributed by atoms with Gasteiger partial charge in [-0.3, -0.25) is 4.57 Å². The molecule has 0 spiro atoms. The third-order valence-corrected chi connectivity index (χ3v) is 4.55. The second-order valence-electron chi connectivity index (χ2n) is 5.46. The van der Waals surface area contributed by atoms with Gasteiger partial charge < -0.3 is 14.9 Å². The Kier molecular flexibility index (Phi) is 3.35. The van der Waals surface area contributed by atoms with Crippen LogP contribution in [0.5, 0.6) is 17.8 Å². The summed E-state index contributed by atoms with van der Waals surface area (Å²) in [6, 6.07) is -0.00425. The minimum atomic E-state index is -0.0618. The lowest BCUT2D eigenvalue weighted by Gasteiger charge is -2.10. The number of halogens is 2. The van der Waals surface area contributed by atoms with Crippen LogP contribution in [0.3, 0.4) is 0 Å². The molecular formula is C14H12Cl2N4O3. The van der Waals surface area contributed by atoms with Crippen molar-refractivity contribution in [1.29, 1.82) is 0 Å². The molecule has 2 bridgehead atoms. The Morgan fingerprint density at radius 2 is 1.61 bits per heavy atom. The summed E-state index contributed by atoms with van der Waals surface area (Å²) in [5, 5.41) is 20.6. The van der Waals surface area contributed by atoms with E-state index in [1.807, 2.05) is 0 Å². The van der Waals surface area contributed by atoms with E-state index < -0.39 is 0 Å². The smallest absolute Gasteiger partial charge is 0.322 e. The molecule has 0 aromatic carbocycles. The van der Waals surface area contributed by atoms with E-state index in [0.717, 1.165) is 17.5 Å². The van der Waals surface area contributed by atoms with Gasteiger partial charge in [0.1, 0.15) is 6.61 Å². The molecule has 0 saturated carbocycles. The van der Waals surface area contributed by atoms with Gasteiger partial charge in [0.15, 0.2) is 11.8 Å². The van der Waals surface area contributed by atoms with Crippen molar-refractivity contribution >= 4 is 23.2 Å². The lowest BCUT2D eigenvalue weighted by atomic mass is 10.0. The maximum Gasteiger partial charge on any atom is 0.322 e. The highest BCUT2D eigenvalue weighted by Gasteiger charge is 2.40. The quantitative estimate of drug-likeness (QED) is 0.819. The third-order valence-electron chi connectivity index (χ3n) is 4.21. The molecular weight excluding hydrogens is 343 g/mol. The minimum absolute atomic E-state index is 0.00425. The zero-order valence-electron chi connectivity index (χ0n) is 11.8. The van der Waals surface area contributed by atoms with Gasteiger partial charge in [0.25, 0.3) is 0 Å². The standard InChI is InChI=1S/C14H12Cl2N4O3/c15-12-17-13(16)19-14(18-12)23-4-3-20-10(21)8-6-1-2-7(5-6)9(8)11(20)22/h1-2,6-7,21-22H,3-5H2/t6-,7?/m1/s1. The van der Waals surface area contributed by atoms with Gasteiger partial charge in [-0.1, -0.05) is 12.2 Å². The number of fused-ring (bicyclic) bond motifs is 5. The molecule has 7 nitrogen and oxygen atoms in total. The number of allylic oxidation sites excluding steroid dienone is 2. The van der Waals surface area contributed by atoms with E-state index in [4.69, 9.17) is 27.9 Å². The molecule has 23 heavy (non-hydrogen) atoms. The zero-order chi connectivity index (χ0) is 16.1. The maximum atomic E-state index is 10.4. The van der Waals surface area contributed by atoms with Crippen molar-refractivity contribution in [2.45, 2.75) is 24.8 Å². The molecule has 120 valence electrons. The summed E-state index contributed by atoms with van der Waals surface area (Å²) in [7, 11) is 0. The molecule has 0 radical (unpaired) electrons. The van der Waals surface area contributed by atoms with Gasteiger partial charge in [-0.25, -0.2) is 0 Å². The molecule has 2 aliphatic rings. The van der Waals surface area contributed by atoms with Crippen LogP contribution in [0.1, 0.15) is 29.4 Å². The summed E-state index contributed by atoms with van der Waals surface area (Å²) in [5.41, 5.74) is 1.64. The number of ether oxygens (including phenoxy) is 1. The van der Waals surface area contributed by atoms with Gasteiger partial charge >= 0.3 is 6.01 Å². The van der Waals surface area contributed by atoms with E-state index in [1.165, 1.54) is 4.57 Å². The van der Waals surface area contributed by atoms with Crippen molar-refractivity contribution < 1.29 is 14.9 Å². The van der Waals surface area contributed by atoms with E-state index in [0.29, 0.717) is 0 Å². The second kappa shape index (κ2) is 5.28. The number of aromatic nitrogens is 4. The monoisotopic (exact) mass is 354 g/mol. The second-order valence-corrected chi connectivity index (χ2v) is 6.14. The predicted molar refractivity (Wildman–Crippen MR) is 82.3 cm³/mol. The normalized spacial score (nSPS) is 21.0. The summed E-state index contributed by atoms with van der Waals surface area (Å²) < 4.78 is 6.79. The molecule has 2 aliphatic carbocycles. The highest BCUT2D eigenvalue weighted by Crippen LogP contribution is 2.56. The molecule has 4 rings (SSSR count). The van der Waals surface area contributed by atoms with Crippen molar-refractivity contribution in [3.63, 3.8) is 0 Å². The Hall–Kier alpha value is -1.99. The lowest BCUT2D eigenvalue weighted by Crippen LogP contribution is -2.10. The number of nitrogens with zero attached hydrogens (tertiary/aromatic N) is 4. The number of rotatable bonds is 4. The first-order chi connectivity index (χ1) is 11.0. The first-order valence-electron chi connectivity index (χ1n) is 7.07. The molecule has 9 heteroatoms. The highest BCUT2D eigenvalue weighted by molar-refractivity contribution is 6.31. The summed E-state index contributed by atoms with van der Waals surface area (Å²) in [5.74, 6) is 0.544. The van der Waals surface area contributed by atoms with Crippen LogP contribution < -0.4 is 4.74 Å². The molecule has 2 heterocycles. The molecule has 0 aliphatic heterocycles. The first-order valence-corrected chi connectivity index (χ1v) is 7.82. The van der Waals surface area contributed by atoms with Gasteiger partial charge in [0, 0.05) is 23.0 Å². The van der Waals surface area contributed by atoms with Gasteiger partial charge in [0.05, 0.1) is 6.54 Å². The Bertz CT molecular complexity index is 765. The summed E-state index contributed by atoms with van der Waals surface area (Å²) in [6.07, 6.45) is 5.06. The molecule has 0 amide bonds. The van der Waals surface area contributed by atoms with Crippen molar-refractivity contribution in [3.05, 3.63) is 33.8 Å². The molecule has 0 fully saturated rings. The van der Waals surface area contributed by atoms with Gasteiger partial charge in [-0.15, -0.1) is 0 Å². The average Bonchev–Trinajstić information content (AvgIpc) is 3.15. The fraction of sp³-hybridized carbons (Fsp3) is 0.357. The first kappa shape index (κ1) is 14.6. The summed E-state index contributed by atoms with van der Waals surface area (Å²) in [4.78, 5) is 11.2. The third kappa shape index (κ3) is 2.31. The van der Waals surface area contributed by atoms with Crippen LogP contribution in [0.2, 0.25) is 10.6 Å². The van der Waals surface area contributed by atoms with Crippen LogP contribution in [0.15, 0.2) is 12.2 Å². The number of hydrogen-bond acceptors (Lipinski definition) is 6. The largest absolute Gasteiger partial charge is 0.494 e. The summed E-state index contributed by atoms with van der Waals surface area (Å²) in [6.45, 7) is 0.374. The Labute approximate surface area is 141 Å². The maximum absolute atomic E-state index is 10.4. The fourth-order valence-corrected chi connectivity index (χ4v) is 3.65. The van der Waals surface area contributed by atoms with Crippen LogP contribution in [0.25, 0.3) is 0 Å². The number of aromatic hydroxyl groups is 2. The van der Waals surface area contributed by atoms with Gasteiger partial charge in [0.2, 0.25) is 10.6 Å². The molecule has 2 aromatic rings. The van der Waals surface area contributed by atoms with E-state index in [9.17, 15) is 10.2 Å². The molecule has 2 atom stereocenters. The Morgan fingerprint density at radius 3 is 2.17 bits per heavy atom. The van der Waals surface area contributed by atoms with Crippen molar-refractivity contribution in [2.24, 2.45) is 0 Å². The van der Waals surface area contributed by atoms with E-state index in [2.05, 4.69) is 27.1 Å². The fourth-order valence-electron chi connectivity index (χ4n) is 3.30. The predicted octanol–water partition coefficient (Wildman–Crippen LogP) is 2.61. The van der Waals surface area contributed by atoms with Gasteiger partial charge in [-0.05, 0) is 29.6 Å². The zero-order valence-corrected chi connectivity index (χ0v) is 13.3. The molecule has 1 unspecified atom stereocenters. The Morgan fingerprint density at radius 1 is 1.04 bits per heavy atom. The van der Waals surface area contributed by atoms with Crippen LogP contribution in [0, 0.1) is 0 Å². The van der Waals surface area contributed by atoms with Crippen LogP contribution in [-0.4, -0.2) is 36.3 Å². The van der Waals surface area contributed by atoms with Crippen molar-refractivity contribution in [3.8, 4) is 17.8 Å². The topological polar surface area (TPSA) is 93.3 Å². The lowest BCUT2D eigenvalue weighted by molar-refractivity contribution is 0.256. The van der Waals surface area contributed by atoms with Gasteiger partial charge in [-0.2, -0.15) is 15.0 Å². The highest BCUT2D eigenvalue weighted by atomic mass is 35.5. The SMILES string of the molecule is Oc1c2c(c(O)n1CCOc1nc(Cl)nc(Cl)n1)[C@@H]1C=CC2C1. The Balaban J connectivity index is 1.50. The van der Waals surface area contributed by atoms with E-state index in [-0.39, 0.29) is 53.3 Å². The van der Waals surface area contributed by atoms with Crippen molar-refractivity contribution in [2.75, 3.05) is 6.61 Å². The van der Waals surface area contributed by atoms with Crippen molar-refractivity contribution in [1.82, 2.24) is 19.5 Å². The molecule has 0 saturated heterocycles. The number of hydrogen-bond donors (Lipinski definition) is 2. The average molecular weight is 355 g/mol. The summed E-state index contributed by atoms with van der Waals surface area (Å²) >= 11 is 11.3. The molecule has 2 N–H and O–H groups in total. The van der Waals surface area contributed by atoms with Crippen LogP contribution in [-0.2, 0) is 6.54 Å².